The molecule has 0 fully saturated rings. The standard InChI is InChI=1S/C15H21NO4S/c1-10(2)7-13(15(18)19)16-14(17)9-21-12-6-4-5-11(8-12)20-3/h4-6,8,10,13H,7,9H2,1-3H3,(H,16,17)(H,18,19)/t13-/m1/s1. The Labute approximate surface area is 129 Å². The van der Waals surface area contributed by atoms with E-state index in [0.717, 1.165) is 10.6 Å². The number of benzene rings is 1. The van der Waals surface area contributed by atoms with E-state index >= 15 is 0 Å². The zero-order valence-corrected chi connectivity index (χ0v) is 13.3. The van der Waals surface area contributed by atoms with Crippen LogP contribution < -0.4 is 10.1 Å². The molecule has 0 saturated carbocycles. The van der Waals surface area contributed by atoms with E-state index in [2.05, 4.69) is 5.32 Å². The second-order valence-corrected chi connectivity index (χ2v) is 6.10. The zero-order chi connectivity index (χ0) is 15.8. The molecule has 0 radical (unpaired) electrons. The number of carbonyl (C=O) groups excluding carboxylic acids is 1. The topological polar surface area (TPSA) is 75.6 Å². The fourth-order valence-corrected chi connectivity index (χ4v) is 2.52. The highest BCUT2D eigenvalue weighted by molar-refractivity contribution is 8.00. The minimum absolute atomic E-state index is 0.176. The van der Waals surface area contributed by atoms with Gasteiger partial charge in [0.15, 0.2) is 0 Å². The second-order valence-electron chi connectivity index (χ2n) is 5.06. The number of ether oxygens (including phenoxy) is 1. The van der Waals surface area contributed by atoms with Crippen molar-refractivity contribution in [3.63, 3.8) is 0 Å². The van der Waals surface area contributed by atoms with E-state index in [1.54, 1.807) is 7.11 Å². The Kier molecular flexibility index (Phi) is 7.08. The van der Waals surface area contributed by atoms with E-state index in [9.17, 15) is 9.59 Å². The Bertz CT molecular complexity index is 490. The van der Waals surface area contributed by atoms with E-state index in [4.69, 9.17) is 9.84 Å². The van der Waals surface area contributed by atoms with Crippen LogP contribution in [0, 0.1) is 5.92 Å². The van der Waals surface area contributed by atoms with Crippen molar-refractivity contribution in [1.82, 2.24) is 5.32 Å². The minimum atomic E-state index is -0.997. The summed E-state index contributed by atoms with van der Waals surface area (Å²) in [5.74, 6) is -0.171. The molecule has 1 rings (SSSR count). The third-order valence-corrected chi connectivity index (χ3v) is 3.75. The maximum absolute atomic E-state index is 11.8. The predicted molar refractivity (Wildman–Crippen MR) is 82.7 cm³/mol. The maximum atomic E-state index is 11.8. The van der Waals surface area contributed by atoms with Gasteiger partial charge in [-0.05, 0) is 30.5 Å². The van der Waals surface area contributed by atoms with Gasteiger partial charge < -0.3 is 15.2 Å². The molecule has 0 aliphatic rings. The summed E-state index contributed by atoms with van der Waals surface area (Å²) >= 11 is 1.35. The smallest absolute Gasteiger partial charge is 0.326 e. The van der Waals surface area contributed by atoms with Gasteiger partial charge in [-0.2, -0.15) is 0 Å². The summed E-state index contributed by atoms with van der Waals surface area (Å²) in [4.78, 5) is 23.8. The van der Waals surface area contributed by atoms with Gasteiger partial charge in [0.2, 0.25) is 5.91 Å². The third kappa shape index (κ3) is 6.53. The van der Waals surface area contributed by atoms with Gasteiger partial charge in [0.25, 0.3) is 0 Å². The van der Waals surface area contributed by atoms with Gasteiger partial charge in [-0.25, -0.2) is 4.79 Å². The summed E-state index contributed by atoms with van der Waals surface area (Å²) in [6.07, 6.45) is 0.422. The lowest BCUT2D eigenvalue weighted by Crippen LogP contribution is -2.42. The summed E-state index contributed by atoms with van der Waals surface area (Å²) in [6.45, 7) is 3.85. The van der Waals surface area contributed by atoms with Gasteiger partial charge in [-0.3, -0.25) is 4.79 Å². The molecule has 0 saturated heterocycles. The lowest BCUT2D eigenvalue weighted by Gasteiger charge is -2.16. The molecule has 2 N–H and O–H groups in total. The molecule has 1 aromatic carbocycles. The highest BCUT2D eigenvalue weighted by Crippen LogP contribution is 2.22. The number of aliphatic carboxylic acids is 1. The molecule has 0 aliphatic heterocycles. The average molecular weight is 311 g/mol. The Hall–Kier alpha value is -1.69. The number of hydrogen-bond donors (Lipinski definition) is 2. The van der Waals surface area contributed by atoms with Crippen LogP contribution in [0.2, 0.25) is 0 Å². The van der Waals surface area contributed by atoms with Crippen molar-refractivity contribution >= 4 is 23.6 Å². The summed E-state index contributed by atoms with van der Waals surface area (Å²) in [5.41, 5.74) is 0. The van der Waals surface area contributed by atoms with Crippen LogP contribution in [0.5, 0.6) is 5.75 Å². The van der Waals surface area contributed by atoms with Crippen molar-refractivity contribution in [2.75, 3.05) is 12.9 Å². The number of nitrogens with one attached hydrogen (secondary N) is 1. The molecule has 0 aromatic heterocycles. The molecule has 116 valence electrons. The monoisotopic (exact) mass is 311 g/mol. The predicted octanol–water partition coefficient (Wildman–Crippen LogP) is 2.40. The number of rotatable bonds is 8. The number of hydrogen-bond acceptors (Lipinski definition) is 4. The van der Waals surface area contributed by atoms with Crippen molar-refractivity contribution in [2.45, 2.75) is 31.2 Å². The molecule has 0 spiro atoms. The highest BCUT2D eigenvalue weighted by Gasteiger charge is 2.20. The largest absolute Gasteiger partial charge is 0.497 e. The Morgan fingerprint density at radius 1 is 1.38 bits per heavy atom. The van der Waals surface area contributed by atoms with Crippen LogP contribution >= 0.6 is 11.8 Å². The number of thioether (sulfide) groups is 1. The van der Waals surface area contributed by atoms with Crippen LogP contribution in [0.25, 0.3) is 0 Å². The van der Waals surface area contributed by atoms with Crippen LogP contribution in [0.4, 0.5) is 0 Å². The highest BCUT2D eigenvalue weighted by atomic mass is 32.2. The molecular weight excluding hydrogens is 290 g/mol. The van der Waals surface area contributed by atoms with E-state index < -0.39 is 12.0 Å². The molecule has 0 heterocycles. The third-order valence-electron chi connectivity index (χ3n) is 2.75. The van der Waals surface area contributed by atoms with Crippen molar-refractivity contribution in [3.8, 4) is 5.75 Å². The number of carboxylic acids is 1. The fourth-order valence-electron chi connectivity index (χ4n) is 1.77. The number of methoxy groups -OCH3 is 1. The molecule has 0 unspecified atom stereocenters. The molecular formula is C15H21NO4S. The van der Waals surface area contributed by atoms with Gasteiger partial charge in [0, 0.05) is 4.90 Å². The molecule has 0 bridgehead atoms. The van der Waals surface area contributed by atoms with Crippen LogP contribution in [0.15, 0.2) is 29.2 Å². The SMILES string of the molecule is COc1cccc(SCC(=O)N[C@H](CC(C)C)C(=O)O)c1. The lowest BCUT2D eigenvalue weighted by atomic mass is 10.0. The average Bonchev–Trinajstić information content (AvgIpc) is 2.44. The van der Waals surface area contributed by atoms with Crippen molar-refractivity contribution in [3.05, 3.63) is 24.3 Å². The summed E-state index contributed by atoms with van der Waals surface area (Å²) in [7, 11) is 1.58. The van der Waals surface area contributed by atoms with E-state index in [1.165, 1.54) is 11.8 Å². The second kappa shape index (κ2) is 8.56. The number of carboxylic acid groups (broad SMARTS) is 1. The first kappa shape index (κ1) is 17.4. The number of amides is 1. The normalized spacial score (nSPS) is 12.0. The van der Waals surface area contributed by atoms with Gasteiger partial charge >= 0.3 is 5.97 Å². The first-order valence-corrected chi connectivity index (χ1v) is 7.70. The summed E-state index contributed by atoms with van der Waals surface area (Å²) < 4.78 is 5.11. The molecule has 1 amide bonds. The van der Waals surface area contributed by atoms with E-state index in [1.807, 2.05) is 38.1 Å². The maximum Gasteiger partial charge on any atom is 0.326 e. The minimum Gasteiger partial charge on any atom is -0.497 e. The molecule has 1 aromatic rings. The first-order chi connectivity index (χ1) is 9.92. The molecule has 5 nitrogen and oxygen atoms in total. The quantitative estimate of drug-likeness (QED) is 0.721. The van der Waals surface area contributed by atoms with Gasteiger partial charge in [0.1, 0.15) is 11.8 Å². The van der Waals surface area contributed by atoms with Crippen LogP contribution in [0.3, 0.4) is 0 Å². The summed E-state index contributed by atoms with van der Waals surface area (Å²) in [6, 6.07) is 6.55. The van der Waals surface area contributed by atoms with E-state index in [-0.39, 0.29) is 17.6 Å². The van der Waals surface area contributed by atoms with Gasteiger partial charge in [-0.1, -0.05) is 19.9 Å². The first-order valence-electron chi connectivity index (χ1n) is 6.71. The van der Waals surface area contributed by atoms with Crippen LogP contribution in [0.1, 0.15) is 20.3 Å². The molecule has 0 aliphatic carbocycles. The summed E-state index contributed by atoms with van der Waals surface area (Å²) in [5, 5.41) is 11.6. The molecule has 6 heteroatoms. The van der Waals surface area contributed by atoms with Crippen molar-refractivity contribution in [1.29, 1.82) is 0 Å². The Morgan fingerprint density at radius 3 is 2.67 bits per heavy atom. The van der Waals surface area contributed by atoms with Crippen molar-refractivity contribution < 1.29 is 19.4 Å². The van der Waals surface area contributed by atoms with E-state index in [0.29, 0.717) is 6.42 Å². The molecule has 1 atom stereocenters. The molecule has 21 heavy (non-hydrogen) atoms. The fraction of sp³-hybridized carbons (Fsp3) is 0.467. The Morgan fingerprint density at radius 2 is 2.10 bits per heavy atom. The van der Waals surface area contributed by atoms with Crippen LogP contribution in [-0.4, -0.2) is 35.9 Å². The van der Waals surface area contributed by atoms with Crippen LogP contribution in [-0.2, 0) is 9.59 Å². The van der Waals surface area contributed by atoms with Gasteiger partial charge in [-0.15, -0.1) is 11.8 Å². The Balaban J connectivity index is 2.50. The lowest BCUT2D eigenvalue weighted by molar-refractivity contribution is -0.141. The van der Waals surface area contributed by atoms with Crippen molar-refractivity contribution in [2.24, 2.45) is 5.92 Å². The zero-order valence-electron chi connectivity index (χ0n) is 12.5. The van der Waals surface area contributed by atoms with Gasteiger partial charge in [0.05, 0.1) is 12.9 Å². The number of carbonyl (C=O) groups is 2.